The van der Waals surface area contributed by atoms with Crippen molar-refractivity contribution < 1.29 is 24.4 Å². The molecule has 0 saturated carbocycles. The molecule has 1 fully saturated rings. The van der Waals surface area contributed by atoms with Crippen molar-refractivity contribution in [1.82, 2.24) is 4.90 Å². The molecule has 1 amide bonds. The van der Waals surface area contributed by atoms with Crippen LogP contribution in [-0.4, -0.2) is 52.0 Å². The molecule has 7 heteroatoms. The van der Waals surface area contributed by atoms with E-state index in [1.807, 2.05) is 75.4 Å². The average molecular weight is 480 g/mol. The van der Waals surface area contributed by atoms with Crippen molar-refractivity contribution in [2.75, 3.05) is 6.54 Å². The Labute approximate surface area is 210 Å². The molecule has 1 aliphatic heterocycles. The maximum Gasteiger partial charge on any atom is 0.411 e. The van der Waals surface area contributed by atoms with Gasteiger partial charge in [-0.05, 0) is 59.6 Å². The number of rotatable bonds is 9. The first-order valence-electron chi connectivity index (χ1n) is 12.2. The predicted molar refractivity (Wildman–Crippen MR) is 139 cm³/mol. The Balaban J connectivity index is 1.71. The zero-order valence-electron chi connectivity index (χ0n) is 22.0. The third kappa shape index (κ3) is 6.46. The molecule has 0 aromatic heterocycles. The summed E-state index contributed by atoms with van der Waals surface area (Å²) in [4.78, 5) is 15.0. The first-order valence-corrected chi connectivity index (χ1v) is 12.2. The lowest BCUT2D eigenvalue weighted by atomic mass is 9.80. The molecule has 2 atom stereocenters. The number of amides is 1. The van der Waals surface area contributed by atoms with Crippen LogP contribution >= 0.6 is 0 Å². The maximum absolute atomic E-state index is 13.2. The first kappa shape index (κ1) is 27.2. The highest BCUT2D eigenvalue weighted by Gasteiger charge is 2.46. The lowest BCUT2D eigenvalue weighted by molar-refractivity contribution is -0.101. The van der Waals surface area contributed by atoms with Gasteiger partial charge in [-0.1, -0.05) is 60.1 Å². The van der Waals surface area contributed by atoms with Crippen molar-refractivity contribution in [3.8, 4) is 0 Å². The van der Waals surface area contributed by atoms with Crippen LogP contribution in [0.25, 0.3) is 0 Å². The minimum Gasteiger partial charge on any atom is -0.438 e. The summed E-state index contributed by atoms with van der Waals surface area (Å²) >= 11 is 0. The summed E-state index contributed by atoms with van der Waals surface area (Å²) in [5, 5.41) is 20.8. The summed E-state index contributed by atoms with van der Waals surface area (Å²) in [7, 11) is 1.65. The van der Waals surface area contributed by atoms with E-state index in [4.69, 9.17) is 9.39 Å². The Kier molecular flexibility index (Phi) is 7.75. The molecule has 1 heterocycles. The highest BCUT2D eigenvalue weighted by molar-refractivity contribution is 6.47. The van der Waals surface area contributed by atoms with Gasteiger partial charge in [-0.3, -0.25) is 0 Å². The molecule has 1 saturated heterocycles. The summed E-state index contributed by atoms with van der Waals surface area (Å²) < 4.78 is 11.9. The molecule has 0 spiro atoms. The number of cyclic esters (lactones) is 1. The van der Waals surface area contributed by atoms with E-state index in [-0.39, 0.29) is 12.1 Å². The standard InChI is InChI=1S/C28H39BNO5/c1-20(21-13-15-23(16-14-21)29-35-27(6,7)26(4,5)33)30-18-17-28(34-24(30)31,19-25(2,3)32)22-11-9-8-10-12-22/h8-16,20,32-33H,17-19H2,1-7H3/t20-,28-/m0/s1. The van der Waals surface area contributed by atoms with Gasteiger partial charge in [0.1, 0.15) is 5.60 Å². The van der Waals surface area contributed by atoms with Crippen molar-refractivity contribution in [3.05, 3.63) is 65.7 Å². The lowest BCUT2D eigenvalue weighted by Gasteiger charge is -2.45. The third-order valence-electron chi connectivity index (χ3n) is 7.14. The Morgan fingerprint density at radius 1 is 1.03 bits per heavy atom. The number of hydrogen-bond donors (Lipinski definition) is 2. The zero-order chi connectivity index (χ0) is 26.1. The molecule has 2 aromatic carbocycles. The highest BCUT2D eigenvalue weighted by Crippen LogP contribution is 2.42. The van der Waals surface area contributed by atoms with Crippen molar-refractivity contribution in [1.29, 1.82) is 0 Å². The molecule has 0 unspecified atom stereocenters. The van der Waals surface area contributed by atoms with Crippen molar-refractivity contribution in [3.63, 3.8) is 0 Å². The second-order valence-corrected chi connectivity index (χ2v) is 11.3. The molecular formula is C28H39BNO5. The van der Waals surface area contributed by atoms with Crippen LogP contribution in [0.1, 0.15) is 78.5 Å². The molecule has 35 heavy (non-hydrogen) atoms. The van der Waals surface area contributed by atoms with Gasteiger partial charge in [0.2, 0.25) is 0 Å². The summed E-state index contributed by atoms with van der Waals surface area (Å²) in [5.74, 6) is 0. The number of carbonyl (C=O) groups excluding carboxylic acids is 1. The number of hydrogen-bond acceptors (Lipinski definition) is 5. The fourth-order valence-corrected chi connectivity index (χ4v) is 4.28. The number of ether oxygens (including phenoxy) is 1. The molecule has 189 valence electrons. The van der Waals surface area contributed by atoms with Crippen LogP contribution in [0.2, 0.25) is 0 Å². The van der Waals surface area contributed by atoms with Crippen LogP contribution in [-0.2, 0) is 15.0 Å². The van der Waals surface area contributed by atoms with Crippen LogP contribution in [0.5, 0.6) is 0 Å². The highest BCUT2D eigenvalue weighted by atomic mass is 16.6. The SMILES string of the molecule is C[C@@H](c1ccc([B]OC(C)(C)C(C)(C)O)cc1)N1CC[C@](CC(C)(C)O)(c2ccccc2)OC1=O. The summed E-state index contributed by atoms with van der Waals surface area (Å²) in [5.41, 5.74) is -0.841. The minimum absolute atomic E-state index is 0.179. The molecular weight excluding hydrogens is 441 g/mol. The fourth-order valence-electron chi connectivity index (χ4n) is 4.28. The summed E-state index contributed by atoms with van der Waals surface area (Å²) in [6, 6.07) is 17.3. The van der Waals surface area contributed by atoms with E-state index >= 15 is 0 Å². The molecule has 1 aliphatic rings. The Morgan fingerprint density at radius 2 is 1.63 bits per heavy atom. The molecule has 2 aromatic rings. The molecule has 1 radical (unpaired) electrons. The Bertz CT molecular complexity index is 995. The lowest BCUT2D eigenvalue weighted by Crippen LogP contribution is -2.51. The number of carbonyl (C=O) groups is 1. The van der Waals surface area contributed by atoms with E-state index in [0.29, 0.717) is 19.4 Å². The summed E-state index contributed by atoms with van der Waals surface area (Å²) in [6.45, 7) is 13.1. The maximum atomic E-state index is 13.2. The van der Waals surface area contributed by atoms with Gasteiger partial charge in [-0.25, -0.2) is 4.79 Å². The van der Waals surface area contributed by atoms with Gasteiger partial charge in [0.25, 0.3) is 0 Å². The van der Waals surface area contributed by atoms with Crippen molar-refractivity contribution in [2.24, 2.45) is 0 Å². The van der Waals surface area contributed by atoms with Gasteiger partial charge in [0.05, 0.1) is 22.8 Å². The third-order valence-corrected chi connectivity index (χ3v) is 7.14. The first-order chi connectivity index (χ1) is 16.1. The molecule has 0 aliphatic carbocycles. The second-order valence-electron chi connectivity index (χ2n) is 11.3. The van der Waals surface area contributed by atoms with Crippen LogP contribution in [0.15, 0.2) is 54.6 Å². The zero-order valence-corrected chi connectivity index (χ0v) is 22.0. The van der Waals surface area contributed by atoms with E-state index < -0.39 is 22.4 Å². The number of aliphatic hydroxyl groups is 2. The molecule has 2 N–H and O–H groups in total. The van der Waals surface area contributed by atoms with Crippen LogP contribution in [0.4, 0.5) is 4.79 Å². The van der Waals surface area contributed by atoms with Crippen LogP contribution in [0.3, 0.4) is 0 Å². The van der Waals surface area contributed by atoms with E-state index in [9.17, 15) is 15.0 Å². The second kappa shape index (κ2) is 9.96. The smallest absolute Gasteiger partial charge is 0.411 e. The fraction of sp³-hybridized carbons (Fsp3) is 0.536. The summed E-state index contributed by atoms with van der Waals surface area (Å²) in [6.07, 6.45) is 0.523. The number of nitrogens with zero attached hydrogens (tertiary/aromatic N) is 1. The average Bonchev–Trinajstić information content (AvgIpc) is 2.76. The van der Waals surface area contributed by atoms with Crippen molar-refractivity contribution in [2.45, 2.75) is 89.8 Å². The van der Waals surface area contributed by atoms with Crippen LogP contribution < -0.4 is 5.46 Å². The normalized spacial score (nSPS) is 20.4. The predicted octanol–water partition coefficient (Wildman–Crippen LogP) is 4.46. The van der Waals surface area contributed by atoms with Gasteiger partial charge in [-0.2, -0.15) is 0 Å². The van der Waals surface area contributed by atoms with E-state index in [1.165, 1.54) is 0 Å². The van der Waals surface area contributed by atoms with E-state index in [1.54, 1.807) is 40.1 Å². The monoisotopic (exact) mass is 480 g/mol. The van der Waals surface area contributed by atoms with Gasteiger partial charge < -0.3 is 24.5 Å². The van der Waals surface area contributed by atoms with E-state index in [0.717, 1.165) is 16.6 Å². The molecule has 3 rings (SSSR count). The van der Waals surface area contributed by atoms with Crippen molar-refractivity contribution >= 4 is 19.0 Å². The van der Waals surface area contributed by atoms with Gasteiger partial charge in [0.15, 0.2) is 0 Å². The topological polar surface area (TPSA) is 79.2 Å². The quantitative estimate of drug-likeness (QED) is 0.519. The number of benzene rings is 2. The van der Waals surface area contributed by atoms with Gasteiger partial charge in [0, 0.05) is 19.4 Å². The molecule has 0 bridgehead atoms. The molecule has 6 nitrogen and oxygen atoms in total. The van der Waals surface area contributed by atoms with Crippen LogP contribution in [0, 0.1) is 0 Å². The minimum atomic E-state index is -0.993. The Morgan fingerprint density at radius 3 is 2.14 bits per heavy atom. The van der Waals surface area contributed by atoms with Gasteiger partial charge >= 0.3 is 13.6 Å². The largest absolute Gasteiger partial charge is 0.438 e. The van der Waals surface area contributed by atoms with E-state index in [2.05, 4.69) is 0 Å². The Hall–Kier alpha value is -2.35. The van der Waals surface area contributed by atoms with Gasteiger partial charge in [-0.15, -0.1) is 0 Å².